The molecule has 1 aliphatic heterocycles. The fourth-order valence-corrected chi connectivity index (χ4v) is 5.33. The Bertz CT molecular complexity index is 909. The molecule has 0 atom stereocenters. The van der Waals surface area contributed by atoms with E-state index >= 15 is 0 Å². The van der Waals surface area contributed by atoms with Gasteiger partial charge in [0.15, 0.2) is 4.34 Å². The highest BCUT2D eigenvalue weighted by atomic mass is 127. The molecule has 0 radical (unpaired) electrons. The van der Waals surface area contributed by atoms with Gasteiger partial charge in [-0.05, 0) is 65.3 Å². The molecule has 0 bridgehead atoms. The summed E-state index contributed by atoms with van der Waals surface area (Å²) in [5, 5.41) is 0. The van der Waals surface area contributed by atoms with Gasteiger partial charge in [-0.1, -0.05) is 30.0 Å². The van der Waals surface area contributed by atoms with E-state index in [1.165, 1.54) is 13.8 Å². The maximum Gasteiger partial charge on any atom is 0.237 e. The first kappa shape index (κ1) is 16.4. The lowest BCUT2D eigenvalue weighted by Gasteiger charge is -2.29. The first-order valence-corrected chi connectivity index (χ1v) is 10.7. The number of carbonyl (C=O) groups is 1. The maximum absolute atomic E-state index is 12.7. The average molecular weight is 466 g/mol. The van der Waals surface area contributed by atoms with Crippen molar-refractivity contribution in [3.63, 3.8) is 0 Å². The normalized spacial score (nSPS) is 14.0. The molecule has 6 heteroatoms. The van der Waals surface area contributed by atoms with Crippen molar-refractivity contribution in [3.05, 3.63) is 51.6 Å². The number of fused-ring (bicyclic) bond motifs is 2. The molecular formula is C18H15IN2OS2. The molecular weight excluding hydrogens is 451 g/mol. The number of carbonyl (C=O) groups excluding carboxylic acids is 1. The highest BCUT2D eigenvalue weighted by Crippen LogP contribution is 2.32. The number of rotatable bonds is 3. The van der Waals surface area contributed by atoms with Crippen molar-refractivity contribution < 1.29 is 4.79 Å². The molecule has 1 aliphatic rings. The van der Waals surface area contributed by atoms with Crippen LogP contribution >= 0.6 is 45.7 Å². The number of aromatic nitrogens is 1. The Morgan fingerprint density at radius 2 is 2.17 bits per heavy atom. The predicted molar refractivity (Wildman–Crippen MR) is 110 cm³/mol. The Hall–Kier alpha value is -1.12. The number of amides is 1. The quantitative estimate of drug-likeness (QED) is 0.404. The number of anilines is 1. The van der Waals surface area contributed by atoms with E-state index < -0.39 is 0 Å². The van der Waals surface area contributed by atoms with Crippen LogP contribution in [0.15, 0.2) is 46.8 Å². The van der Waals surface area contributed by atoms with Gasteiger partial charge in [0, 0.05) is 15.8 Å². The van der Waals surface area contributed by atoms with Gasteiger partial charge >= 0.3 is 0 Å². The summed E-state index contributed by atoms with van der Waals surface area (Å²) < 4.78 is 3.32. The van der Waals surface area contributed by atoms with Crippen LogP contribution < -0.4 is 4.90 Å². The Morgan fingerprint density at radius 3 is 3.08 bits per heavy atom. The third kappa shape index (κ3) is 3.32. The Labute approximate surface area is 162 Å². The van der Waals surface area contributed by atoms with E-state index in [4.69, 9.17) is 0 Å². The second-order valence-electron chi connectivity index (χ2n) is 5.66. The molecule has 122 valence electrons. The molecule has 0 saturated carbocycles. The van der Waals surface area contributed by atoms with Crippen LogP contribution in [0.4, 0.5) is 5.69 Å². The summed E-state index contributed by atoms with van der Waals surface area (Å²) in [6.45, 7) is 0.814. The molecule has 3 aromatic rings. The van der Waals surface area contributed by atoms with Gasteiger partial charge in [-0.15, -0.1) is 11.3 Å². The lowest BCUT2D eigenvalue weighted by molar-refractivity contribution is -0.116. The number of hydrogen-bond donors (Lipinski definition) is 0. The molecule has 0 spiro atoms. The van der Waals surface area contributed by atoms with Gasteiger partial charge in [-0.25, -0.2) is 4.98 Å². The molecule has 3 nitrogen and oxygen atoms in total. The monoisotopic (exact) mass is 466 g/mol. The summed E-state index contributed by atoms with van der Waals surface area (Å²) in [5.41, 5.74) is 3.37. The zero-order valence-electron chi connectivity index (χ0n) is 12.9. The molecule has 0 N–H and O–H groups in total. The van der Waals surface area contributed by atoms with E-state index in [0.717, 1.165) is 34.9 Å². The van der Waals surface area contributed by atoms with Gasteiger partial charge in [-0.2, -0.15) is 0 Å². The third-order valence-electron chi connectivity index (χ3n) is 4.06. The van der Waals surface area contributed by atoms with Crippen LogP contribution in [-0.4, -0.2) is 23.2 Å². The number of aryl methyl sites for hydroxylation is 1. The first-order valence-electron chi connectivity index (χ1n) is 7.78. The van der Waals surface area contributed by atoms with Crippen molar-refractivity contribution in [1.82, 2.24) is 4.98 Å². The van der Waals surface area contributed by atoms with Gasteiger partial charge in [-0.3, -0.25) is 4.79 Å². The predicted octanol–water partition coefficient (Wildman–Crippen LogP) is 4.97. The fourth-order valence-electron chi connectivity index (χ4n) is 2.94. The van der Waals surface area contributed by atoms with Gasteiger partial charge in [0.1, 0.15) is 0 Å². The molecule has 2 heterocycles. The first-order chi connectivity index (χ1) is 11.7. The number of benzene rings is 2. The summed E-state index contributed by atoms with van der Waals surface area (Å²) in [7, 11) is 0. The Kier molecular flexibility index (Phi) is 4.78. The Balaban J connectivity index is 1.48. The van der Waals surface area contributed by atoms with Crippen LogP contribution in [0, 0.1) is 3.57 Å². The van der Waals surface area contributed by atoms with E-state index in [1.54, 1.807) is 23.1 Å². The number of thioether (sulfide) groups is 1. The number of nitrogens with zero attached hydrogens (tertiary/aromatic N) is 2. The fraction of sp³-hybridized carbons (Fsp3) is 0.222. The zero-order chi connectivity index (χ0) is 16.5. The van der Waals surface area contributed by atoms with Crippen LogP contribution in [0.1, 0.15) is 12.0 Å². The van der Waals surface area contributed by atoms with Gasteiger partial charge in [0.2, 0.25) is 5.91 Å². The molecule has 2 aromatic carbocycles. The molecule has 0 fully saturated rings. The molecule has 1 amide bonds. The van der Waals surface area contributed by atoms with Gasteiger partial charge in [0.05, 0.1) is 16.0 Å². The average Bonchev–Trinajstić information content (AvgIpc) is 3.01. The Morgan fingerprint density at radius 1 is 1.29 bits per heavy atom. The lowest BCUT2D eigenvalue weighted by atomic mass is 10.0. The number of thiazole rings is 1. The summed E-state index contributed by atoms with van der Waals surface area (Å²) in [6, 6.07) is 14.5. The summed E-state index contributed by atoms with van der Waals surface area (Å²) in [4.78, 5) is 19.3. The molecule has 4 rings (SSSR count). The summed E-state index contributed by atoms with van der Waals surface area (Å²) in [5.74, 6) is 0.603. The van der Waals surface area contributed by atoms with Gasteiger partial charge in [0.25, 0.3) is 0 Å². The summed E-state index contributed by atoms with van der Waals surface area (Å²) >= 11 is 5.50. The van der Waals surface area contributed by atoms with E-state index in [1.807, 2.05) is 17.0 Å². The van der Waals surface area contributed by atoms with Crippen LogP contribution in [-0.2, 0) is 11.2 Å². The molecule has 24 heavy (non-hydrogen) atoms. The van der Waals surface area contributed by atoms with E-state index in [0.29, 0.717) is 5.75 Å². The smallest absolute Gasteiger partial charge is 0.237 e. The van der Waals surface area contributed by atoms with Crippen molar-refractivity contribution in [2.24, 2.45) is 0 Å². The summed E-state index contributed by atoms with van der Waals surface area (Å²) in [6.07, 6.45) is 2.09. The second kappa shape index (κ2) is 7.01. The lowest BCUT2D eigenvalue weighted by Crippen LogP contribution is -2.36. The molecule has 0 saturated heterocycles. The number of hydrogen-bond acceptors (Lipinski definition) is 4. The number of halogens is 1. The minimum absolute atomic E-state index is 0.168. The SMILES string of the molecule is O=C(CSc1nc2cc(I)ccc2s1)N1CCCc2ccccc21. The van der Waals surface area contributed by atoms with Gasteiger partial charge < -0.3 is 4.90 Å². The minimum Gasteiger partial charge on any atom is -0.311 e. The maximum atomic E-state index is 12.7. The van der Waals surface area contributed by atoms with E-state index in [-0.39, 0.29) is 5.91 Å². The van der Waals surface area contributed by atoms with Crippen molar-refractivity contribution >= 4 is 67.5 Å². The molecule has 1 aromatic heterocycles. The van der Waals surface area contributed by atoms with Crippen LogP contribution in [0.2, 0.25) is 0 Å². The number of para-hydroxylation sites is 1. The standard InChI is InChI=1S/C18H15IN2OS2/c19-13-7-8-16-14(10-13)20-18(24-16)23-11-17(22)21-9-3-5-12-4-1-2-6-15(12)21/h1-2,4,6-8,10H,3,5,9,11H2. The topological polar surface area (TPSA) is 33.2 Å². The largest absolute Gasteiger partial charge is 0.311 e. The molecule has 0 unspecified atom stereocenters. The zero-order valence-corrected chi connectivity index (χ0v) is 16.7. The third-order valence-corrected chi connectivity index (χ3v) is 6.90. The highest BCUT2D eigenvalue weighted by molar-refractivity contribution is 14.1. The van der Waals surface area contributed by atoms with Crippen molar-refractivity contribution in [2.45, 2.75) is 17.2 Å². The van der Waals surface area contributed by atoms with Crippen molar-refractivity contribution in [3.8, 4) is 0 Å². The highest BCUT2D eigenvalue weighted by Gasteiger charge is 2.22. The second-order valence-corrected chi connectivity index (χ2v) is 9.16. The van der Waals surface area contributed by atoms with Crippen LogP contribution in [0.5, 0.6) is 0 Å². The van der Waals surface area contributed by atoms with E-state index in [2.05, 4.69) is 57.9 Å². The minimum atomic E-state index is 0.168. The van der Waals surface area contributed by atoms with Crippen LogP contribution in [0.3, 0.4) is 0 Å². The molecule has 0 aliphatic carbocycles. The van der Waals surface area contributed by atoms with Crippen molar-refractivity contribution in [2.75, 3.05) is 17.2 Å². The van der Waals surface area contributed by atoms with Crippen LogP contribution in [0.25, 0.3) is 10.2 Å². The van der Waals surface area contributed by atoms with E-state index in [9.17, 15) is 4.79 Å². The van der Waals surface area contributed by atoms with Crippen molar-refractivity contribution in [1.29, 1.82) is 0 Å².